The van der Waals surface area contributed by atoms with Gasteiger partial charge in [0.2, 0.25) is 11.3 Å². The third-order valence-corrected chi connectivity index (χ3v) is 4.73. The summed E-state index contributed by atoms with van der Waals surface area (Å²) in [6.07, 6.45) is 6.62. The lowest BCUT2D eigenvalue weighted by molar-refractivity contribution is -0.121. The number of amides is 1. The van der Waals surface area contributed by atoms with Crippen LogP contribution in [0.4, 0.5) is 0 Å². The number of nitrogens with zero attached hydrogens (tertiary/aromatic N) is 3. The third kappa shape index (κ3) is 4.89. The van der Waals surface area contributed by atoms with Crippen molar-refractivity contribution in [3.05, 3.63) is 40.7 Å². The average Bonchev–Trinajstić information content (AvgIpc) is 2.66. The van der Waals surface area contributed by atoms with Crippen molar-refractivity contribution in [3.8, 4) is 0 Å². The molecule has 1 N–H and O–H groups in total. The van der Waals surface area contributed by atoms with Crippen LogP contribution in [0.5, 0.6) is 0 Å². The molecule has 0 unspecified atom stereocenters. The molecule has 1 aliphatic rings. The van der Waals surface area contributed by atoms with Crippen molar-refractivity contribution >= 4 is 16.8 Å². The quantitative estimate of drug-likeness (QED) is 0.779. The number of likely N-dealkylation sites (tertiary alicyclic amines) is 1. The van der Waals surface area contributed by atoms with Gasteiger partial charge in [-0.2, -0.15) is 5.10 Å². The molecule has 0 spiro atoms. The highest BCUT2D eigenvalue weighted by molar-refractivity contribution is 5.78. The Labute approximate surface area is 147 Å². The van der Waals surface area contributed by atoms with Gasteiger partial charge in [-0.05, 0) is 51.0 Å². The van der Waals surface area contributed by atoms with Crippen LogP contribution in [0.15, 0.2) is 35.3 Å². The minimum Gasteiger partial charge on any atom is -0.356 e. The van der Waals surface area contributed by atoms with Gasteiger partial charge >= 0.3 is 0 Å². The number of fused-ring (bicyclic) bond motifs is 1. The second-order valence-corrected chi connectivity index (χ2v) is 6.60. The first-order valence-corrected chi connectivity index (χ1v) is 9.18. The molecule has 2 heterocycles. The monoisotopic (exact) mass is 342 g/mol. The molecule has 1 saturated heterocycles. The summed E-state index contributed by atoms with van der Waals surface area (Å²) in [5.41, 5.74) is 0.682. The Morgan fingerprint density at radius 2 is 1.92 bits per heavy atom. The van der Waals surface area contributed by atoms with Crippen molar-refractivity contribution in [2.24, 2.45) is 0 Å². The van der Waals surface area contributed by atoms with E-state index in [9.17, 15) is 9.59 Å². The van der Waals surface area contributed by atoms with Crippen LogP contribution in [0.1, 0.15) is 32.1 Å². The van der Waals surface area contributed by atoms with Crippen LogP contribution in [-0.4, -0.2) is 46.8 Å². The predicted octanol–water partition coefficient (Wildman–Crippen LogP) is 1.78. The van der Waals surface area contributed by atoms with Gasteiger partial charge in [0.1, 0.15) is 0 Å². The van der Waals surface area contributed by atoms with Gasteiger partial charge in [-0.25, -0.2) is 0 Å². The number of nitrogens with one attached hydrogen (secondary N) is 1. The van der Waals surface area contributed by atoms with E-state index < -0.39 is 0 Å². The van der Waals surface area contributed by atoms with E-state index in [2.05, 4.69) is 15.3 Å². The summed E-state index contributed by atoms with van der Waals surface area (Å²) < 4.78 is 1.73. The number of aromatic nitrogens is 2. The number of para-hydroxylation sites is 1. The summed E-state index contributed by atoms with van der Waals surface area (Å²) >= 11 is 0. The zero-order valence-corrected chi connectivity index (χ0v) is 14.6. The van der Waals surface area contributed by atoms with Crippen LogP contribution < -0.4 is 10.7 Å². The number of piperidine rings is 1. The Morgan fingerprint density at radius 1 is 1.12 bits per heavy atom. The molecule has 134 valence electrons. The van der Waals surface area contributed by atoms with E-state index >= 15 is 0 Å². The van der Waals surface area contributed by atoms with E-state index in [1.54, 1.807) is 10.7 Å². The van der Waals surface area contributed by atoms with Crippen LogP contribution in [0.3, 0.4) is 0 Å². The van der Waals surface area contributed by atoms with Gasteiger partial charge < -0.3 is 10.2 Å². The topological polar surface area (TPSA) is 67.2 Å². The Kier molecular flexibility index (Phi) is 6.17. The van der Waals surface area contributed by atoms with Crippen molar-refractivity contribution in [2.75, 3.05) is 26.2 Å². The maximum Gasteiger partial charge on any atom is 0.221 e. The molecule has 0 aliphatic carbocycles. The standard InChI is InChI=1S/C19H26N4O2/c24-18-15-21-23(17-8-3-2-7-16(17)18)14-9-19(25)20-10-6-13-22-11-4-1-5-12-22/h2-3,7-8,15H,1,4-6,9-14H2,(H,20,25). The third-order valence-electron chi connectivity index (χ3n) is 4.73. The average molecular weight is 342 g/mol. The van der Waals surface area contributed by atoms with Crippen molar-refractivity contribution in [1.29, 1.82) is 0 Å². The maximum absolute atomic E-state index is 12.0. The number of benzene rings is 1. The number of hydrogen-bond donors (Lipinski definition) is 1. The zero-order valence-electron chi connectivity index (χ0n) is 14.6. The molecule has 0 radical (unpaired) electrons. The van der Waals surface area contributed by atoms with Crippen molar-refractivity contribution < 1.29 is 4.79 Å². The van der Waals surface area contributed by atoms with Crippen LogP contribution >= 0.6 is 0 Å². The Balaban J connectivity index is 1.43. The van der Waals surface area contributed by atoms with E-state index in [0.717, 1.165) is 18.5 Å². The van der Waals surface area contributed by atoms with E-state index in [0.29, 0.717) is 24.9 Å². The lowest BCUT2D eigenvalue weighted by Gasteiger charge is -2.26. The van der Waals surface area contributed by atoms with Crippen molar-refractivity contribution in [2.45, 2.75) is 38.6 Å². The molecule has 6 nitrogen and oxygen atoms in total. The lowest BCUT2D eigenvalue weighted by Crippen LogP contribution is -2.33. The highest BCUT2D eigenvalue weighted by atomic mass is 16.1. The second kappa shape index (κ2) is 8.76. The minimum absolute atomic E-state index is 0.0308. The van der Waals surface area contributed by atoms with Gasteiger partial charge in [0.25, 0.3) is 0 Å². The molecule has 1 aromatic heterocycles. The summed E-state index contributed by atoms with van der Waals surface area (Å²) in [4.78, 5) is 26.3. The summed E-state index contributed by atoms with van der Waals surface area (Å²) in [6, 6.07) is 7.36. The van der Waals surface area contributed by atoms with Crippen molar-refractivity contribution in [3.63, 3.8) is 0 Å². The SMILES string of the molecule is O=C(CCn1ncc(=O)c2ccccc21)NCCCN1CCCCC1. The summed E-state index contributed by atoms with van der Waals surface area (Å²) in [7, 11) is 0. The molecule has 1 fully saturated rings. The molecular formula is C19H26N4O2. The summed E-state index contributed by atoms with van der Waals surface area (Å²) in [6.45, 7) is 4.64. The molecule has 0 bridgehead atoms. The molecule has 1 amide bonds. The van der Waals surface area contributed by atoms with Gasteiger partial charge in [-0.15, -0.1) is 0 Å². The van der Waals surface area contributed by atoms with Gasteiger partial charge in [-0.3, -0.25) is 14.3 Å². The second-order valence-electron chi connectivity index (χ2n) is 6.60. The first-order valence-electron chi connectivity index (χ1n) is 9.18. The molecule has 2 aromatic rings. The van der Waals surface area contributed by atoms with E-state index in [1.165, 1.54) is 38.5 Å². The number of aryl methyl sites for hydroxylation is 1. The smallest absolute Gasteiger partial charge is 0.221 e. The number of carbonyl (C=O) groups is 1. The van der Waals surface area contributed by atoms with Crippen molar-refractivity contribution in [1.82, 2.24) is 20.0 Å². The molecule has 1 aromatic carbocycles. The summed E-state index contributed by atoms with van der Waals surface area (Å²) in [5, 5.41) is 7.78. The van der Waals surface area contributed by atoms with E-state index in [-0.39, 0.29) is 11.3 Å². The normalized spacial score (nSPS) is 15.4. The van der Waals surface area contributed by atoms with Crippen LogP contribution in [0.2, 0.25) is 0 Å². The van der Waals surface area contributed by atoms with Gasteiger partial charge in [0.15, 0.2) is 0 Å². The first-order chi connectivity index (χ1) is 12.2. The van der Waals surface area contributed by atoms with E-state index in [1.807, 2.05) is 18.2 Å². The highest BCUT2D eigenvalue weighted by Crippen LogP contribution is 2.09. The fourth-order valence-electron chi connectivity index (χ4n) is 3.35. The van der Waals surface area contributed by atoms with Crippen LogP contribution in [0.25, 0.3) is 10.9 Å². The Bertz CT molecular complexity index is 765. The van der Waals surface area contributed by atoms with Crippen LogP contribution in [0, 0.1) is 0 Å². The maximum atomic E-state index is 12.0. The Morgan fingerprint density at radius 3 is 2.76 bits per heavy atom. The van der Waals surface area contributed by atoms with Gasteiger partial charge in [0, 0.05) is 18.4 Å². The first kappa shape index (κ1) is 17.6. The van der Waals surface area contributed by atoms with Crippen LogP contribution in [-0.2, 0) is 11.3 Å². The fourth-order valence-corrected chi connectivity index (χ4v) is 3.35. The molecular weight excluding hydrogens is 316 g/mol. The molecule has 1 aliphatic heterocycles. The molecule has 3 rings (SSSR count). The number of rotatable bonds is 7. The molecule has 0 saturated carbocycles. The predicted molar refractivity (Wildman–Crippen MR) is 98.5 cm³/mol. The number of carbonyl (C=O) groups excluding carboxylic acids is 1. The molecule has 25 heavy (non-hydrogen) atoms. The summed E-state index contributed by atoms with van der Waals surface area (Å²) in [5.74, 6) is 0.0308. The highest BCUT2D eigenvalue weighted by Gasteiger charge is 2.10. The lowest BCUT2D eigenvalue weighted by atomic mass is 10.1. The Hall–Kier alpha value is -2.21. The zero-order chi connectivity index (χ0) is 17.5. The fraction of sp³-hybridized carbons (Fsp3) is 0.526. The van der Waals surface area contributed by atoms with Gasteiger partial charge in [0.05, 0.1) is 18.3 Å². The molecule has 0 atom stereocenters. The van der Waals surface area contributed by atoms with Gasteiger partial charge in [-0.1, -0.05) is 18.6 Å². The molecule has 6 heteroatoms. The largest absolute Gasteiger partial charge is 0.356 e. The number of hydrogen-bond acceptors (Lipinski definition) is 4. The van der Waals surface area contributed by atoms with E-state index in [4.69, 9.17) is 0 Å². The minimum atomic E-state index is -0.0889.